The van der Waals surface area contributed by atoms with Gasteiger partial charge in [0.2, 0.25) is 15.0 Å². The van der Waals surface area contributed by atoms with E-state index >= 15 is 0 Å². The second-order valence-electron chi connectivity index (χ2n) is 5.46. The number of nitrogens with zero attached hydrogens (tertiary/aromatic N) is 4. The summed E-state index contributed by atoms with van der Waals surface area (Å²) >= 11 is 1.56. The highest BCUT2D eigenvalue weighted by Gasteiger charge is 2.32. The Bertz CT molecular complexity index is 741. The van der Waals surface area contributed by atoms with Crippen LogP contribution in [0.25, 0.3) is 0 Å². The van der Waals surface area contributed by atoms with Crippen LogP contribution in [0.3, 0.4) is 0 Å². The topological polar surface area (TPSA) is 77.7 Å². The molecule has 0 unspecified atom stereocenters. The highest BCUT2D eigenvalue weighted by molar-refractivity contribution is 7.90. The van der Waals surface area contributed by atoms with Gasteiger partial charge in [0.15, 0.2) is 0 Å². The summed E-state index contributed by atoms with van der Waals surface area (Å²) in [5, 5.41) is 10.6. The molecule has 0 atom stereocenters. The molecule has 0 amide bonds. The molecular weight excluding hydrogens is 296 g/mol. The first-order chi connectivity index (χ1) is 9.63. The molecule has 106 valence electrons. The molecule has 0 bridgehead atoms. The lowest BCUT2D eigenvalue weighted by Gasteiger charge is -2.04. The van der Waals surface area contributed by atoms with E-state index in [1.165, 1.54) is 19.2 Å². The molecule has 0 aromatic carbocycles. The van der Waals surface area contributed by atoms with Gasteiger partial charge in [-0.15, -0.1) is 21.5 Å². The first-order valence-electron chi connectivity index (χ1n) is 6.70. The molecule has 0 N–H and O–H groups in total. The van der Waals surface area contributed by atoms with Crippen LogP contribution in [-0.4, -0.2) is 28.2 Å². The summed E-state index contributed by atoms with van der Waals surface area (Å²) in [5.74, 6) is 0.480. The van der Waals surface area contributed by atoms with Gasteiger partial charge in [0, 0.05) is 17.3 Å². The Morgan fingerprint density at radius 3 is 2.80 bits per heavy atom. The summed E-state index contributed by atoms with van der Waals surface area (Å²) in [6, 6.07) is 0.257. The molecule has 2 aliphatic rings. The van der Waals surface area contributed by atoms with Crippen LogP contribution >= 0.6 is 11.3 Å². The van der Waals surface area contributed by atoms with Gasteiger partial charge in [0.1, 0.15) is 12.1 Å². The molecule has 8 heteroatoms. The van der Waals surface area contributed by atoms with Crippen LogP contribution in [0.5, 0.6) is 0 Å². The van der Waals surface area contributed by atoms with Crippen molar-refractivity contribution in [3.63, 3.8) is 0 Å². The Hall–Kier alpha value is -1.28. The lowest BCUT2D eigenvalue weighted by molar-refractivity contribution is 0.563. The van der Waals surface area contributed by atoms with E-state index in [0.717, 1.165) is 17.8 Å². The van der Waals surface area contributed by atoms with Crippen molar-refractivity contribution in [3.8, 4) is 0 Å². The van der Waals surface area contributed by atoms with E-state index in [9.17, 15) is 8.42 Å². The first-order valence-corrected chi connectivity index (χ1v) is 9.23. The highest BCUT2D eigenvalue weighted by atomic mass is 32.2. The maximum Gasteiger partial charge on any atom is 0.250 e. The molecule has 2 aliphatic carbocycles. The summed E-state index contributed by atoms with van der Waals surface area (Å²) in [5.41, 5.74) is 0.627. The van der Waals surface area contributed by atoms with Crippen LogP contribution in [0.4, 0.5) is 0 Å². The number of aromatic nitrogens is 4. The molecule has 0 aliphatic heterocycles. The van der Waals surface area contributed by atoms with E-state index in [4.69, 9.17) is 0 Å². The molecule has 0 spiro atoms. The van der Waals surface area contributed by atoms with Crippen LogP contribution in [-0.2, 0) is 15.6 Å². The second-order valence-corrected chi connectivity index (χ2v) is 8.24. The maximum absolute atomic E-state index is 12.5. The lowest BCUT2D eigenvalue weighted by Crippen LogP contribution is -2.12. The van der Waals surface area contributed by atoms with Crippen LogP contribution in [0, 0.1) is 0 Å². The van der Waals surface area contributed by atoms with Gasteiger partial charge in [-0.1, -0.05) is 0 Å². The highest BCUT2D eigenvalue weighted by Crippen LogP contribution is 2.41. The average Bonchev–Trinajstić information content (AvgIpc) is 3.34. The number of sulfone groups is 1. The maximum atomic E-state index is 12.5. The minimum absolute atomic E-state index is 0.0817. The monoisotopic (exact) mass is 310 g/mol. The van der Waals surface area contributed by atoms with Crippen molar-refractivity contribution >= 4 is 21.2 Å². The Morgan fingerprint density at radius 1 is 1.30 bits per heavy atom. The summed E-state index contributed by atoms with van der Waals surface area (Å²) < 4.78 is 26.6. The quantitative estimate of drug-likeness (QED) is 0.843. The predicted octanol–water partition coefficient (Wildman–Crippen LogP) is 1.92. The average molecular weight is 310 g/mol. The normalized spacial score (nSPS) is 19.4. The van der Waals surface area contributed by atoms with E-state index in [2.05, 4.69) is 15.2 Å². The SMILES string of the molecule is O=S(=O)(Cc1csc(C2CC2)n1)c1nncn1C1CC1. The third-order valence-electron chi connectivity index (χ3n) is 3.59. The summed E-state index contributed by atoms with van der Waals surface area (Å²) in [4.78, 5) is 4.44. The fraction of sp³-hybridized carbons (Fsp3) is 0.583. The summed E-state index contributed by atoms with van der Waals surface area (Å²) in [6.07, 6.45) is 5.87. The Balaban J connectivity index is 1.60. The Morgan fingerprint density at radius 2 is 2.10 bits per heavy atom. The van der Waals surface area contributed by atoms with Crippen molar-refractivity contribution in [1.29, 1.82) is 0 Å². The van der Waals surface area contributed by atoms with Crippen LogP contribution in [0.15, 0.2) is 16.9 Å². The van der Waals surface area contributed by atoms with E-state index in [1.807, 2.05) is 5.38 Å². The van der Waals surface area contributed by atoms with Crippen molar-refractivity contribution in [3.05, 3.63) is 22.4 Å². The van der Waals surface area contributed by atoms with Crippen molar-refractivity contribution < 1.29 is 8.42 Å². The zero-order chi connectivity index (χ0) is 13.7. The molecular formula is C12H14N4O2S2. The van der Waals surface area contributed by atoms with Crippen molar-refractivity contribution in [2.75, 3.05) is 0 Å². The zero-order valence-electron chi connectivity index (χ0n) is 10.8. The fourth-order valence-electron chi connectivity index (χ4n) is 2.22. The summed E-state index contributed by atoms with van der Waals surface area (Å²) in [7, 11) is -3.46. The molecule has 2 aromatic heterocycles. The number of rotatable bonds is 5. The third kappa shape index (κ3) is 2.26. The fourth-order valence-corrected chi connectivity index (χ4v) is 4.68. The molecule has 0 radical (unpaired) electrons. The Labute approximate surface area is 120 Å². The van der Waals surface area contributed by atoms with Gasteiger partial charge in [-0.2, -0.15) is 0 Å². The van der Waals surface area contributed by atoms with E-state index in [1.54, 1.807) is 15.9 Å². The standard InChI is InChI=1S/C12H14N4O2S2/c17-20(18,12-15-13-7-16(12)10-3-4-10)6-9-5-19-11(14-9)8-1-2-8/h5,7-8,10H,1-4,6H2. The van der Waals surface area contributed by atoms with E-state index in [0.29, 0.717) is 11.6 Å². The molecule has 2 saturated carbocycles. The number of hydrogen-bond acceptors (Lipinski definition) is 6. The summed E-state index contributed by atoms with van der Waals surface area (Å²) in [6.45, 7) is 0. The zero-order valence-corrected chi connectivity index (χ0v) is 12.4. The van der Waals surface area contributed by atoms with Gasteiger partial charge in [0.05, 0.1) is 10.7 Å². The molecule has 0 saturated heterocycles. The van der Waals surface area contributed by atoms with Gasteiger partial charge in [-0.3, -0.25) is 0 Å². The first kappa shape index (κ1) is 12.5. The molecule has 2 aromatic rings. The largest absolute Gasteiger partial charge is 0.301 e. The molecule has 20 heavy (non-hydrogen) atoms. The van der Waals surface area contributed by atoms with Crippen molar-refractivity contribution in [2.45, 2.75) is 48.6 Å². The predicted molar refractivity (Wildman–Crippen MR) is 73.3 cm³/mol. The lowest BCUT2D eigenvalue weighted by atomic mass is 10.4. The van der Waals surface area contributed by atoms with Gasteiger partial charge in [-0.25, -0.2) is 13.4 Å². The van der Waals surface area contributed by atoms with Crippen molar-refractivity contribution in [2.24, 2.45) is 0 Å². The Kier molecular flexibility index (Phi) is 2.71. The smallest absolute Gasteiger partial charge is 0.250 e. The third-order valence-corrected chi connectivity index (χ3v) is 6.17. The minimum Gasteiger partial charge on any atom is -0.301 e. The molecule has 2 heterocycles. The van der Waals surface area contributed by atoms with Crippen LogP contribution < -0.4 is 0 Å². The van der Waals surface area contributed by atoms with E-state index in [-0.39, 0.29) is 17.0 Å². The molecule has 2 fully saturated rings. The van der Waals surface area contributed by atoms with E-state index < -0.39 is 9.84 Å². The number of thiazole rings is 1. The minimum atomic E-state index is -3.46. The van der Waals surface area contributed by atoms with Gasteiger partial charge in [-0.05, 0) is 25.7 Å². The number of hydrogen-bond donors (Lipinski definition) is 0. The second kappa shape index (κ2) is 4.36. The van der Waals surface area contributed by atoms with Crippen molar-refractivity contribution in [1.82, 2.24) is 19.7 Å². The van der Waals surface area contributed by atoms with Crippen LogP contribution in [0.1, 0.15) is 48.3 Å². The van der Waals surface area contributed by atoms with Crippen LogP contribution in [0.2, 0.25) is 0 Å². The molecule has 6 nitrogen and oxygen atoms in total. The van der Waals surface area contributed by atoms with Gasteiger partial charge in [0.25, 0.3) is 0 Å². The van der Waals surface area contributed by atoms with Gasteiger partial charge < -0.3 is 4.57 Å². The van der Waals surface area contributed by atoms with Gasteiger partial charge >= 0.3 is 0 Å². The molecule has 4 rings (SSSR count).